The number of nitrogens with zero attached hydrogens (tertiary/aromatic N) is 3. The lowest BCUT2D eigenvalue weighted by Crippen LogP contribution is -2.17. The third-order valence-corrected chi connectivity index (χ3v) is 7.97. The number of hydrogen-bond acceptors (Lipinski definition) is 5. The Morgan fingerprint density at radius 3 is 2.00 bits per heavy atom. The molecule has 0 spiro atoms. The summed E-state index contributed by atoms with van der Waals surface area (Å²) in [5.74, 6) is 0.505. The first kappa shape index (κ1) is 26.9. The Morgan fingerprint density at radius 2 is 1.41 bits per heavy atom. The maximum Gasteiger partial charge on any atom is 0.251 e. The standard InChI is InChI=1S/C28H44N3O2S/c1-3-5-7-9-11-12-14-16-18-22(17-15-13-10-8-6-4-2)19-25-27-23(21-31(25)33)28-24(20-26(27)32)29-34-30-28/h21-22H,3-20H2,1-2H3/q+1. The predicted molar refractivity (Wildman–Crippen MR) is 141 cm³/mol. The summed E-state index contributed by atoms with van der Waals surface area (Å²) in [4.78, 5) is 25.8. The van der Waals surface area contributed by atoms with Gasteiger partial charge in [0.25, 0.3) is 5.70 Å². The van der Waals surface area contributed by atoms with E-state index < -0.39 is 0 Å². The number of fused-ring (bicyclic) bond motifs is 3. The Kier molecular flexibility index (Phi) is 11.6. The van der Waals surface area contributed by atoms with Crippen molar-refractivity contribution in [1.82, 2.24) is 8.75 Å². The smallest absolute Gasteiger partial charge is 0.251 e. The van der Waals surface area contributed by atoms with Gasteiger partial charge < -0.3 is 0 Å². The monoisotopic (exact) mass is 486 g/mol. The summed E-state index contributed by atoms with van der Waals surface area (Å²) in [5, 5.41) is 0. The van der Waals surface area contributed by atoms with E-state index in [0.29, 0.717) is 29.2 Å². The number of unbranched alkanes of at least 4 members (excludes halogenated alkanes) is 12. The molecule has 0 saturated heterocycles. The molecular formula is C28H44N3O2S+. The van der Waals surface area contributed by atoms with Crippen LogP contribution in [-0.4, -0.2) is 19.3 Å². The second kappa shape index (κ2) is 14.7. The van der Waals surface area contributed by atoms with Gasteiger partial charge in [-0.15, -0.1) is 0 Å². The van der Waals surface area contributed by atoms with Crippen LogP contribution >= 0.6 is 11.7 Å². The molecular weight excluding hydrogens is 442 g/mol. The van der Waals surface area contributed by atoms with E-state index in [1.165, 1.54) is 89.9 Å². The second-order valence-electron chi connectivity index (χ2n) is 10.2. The van der Waals surface area contributed by atoms with Crippen LogP contribution in [0.15, 0.2) is 17.5 Å². The van der Waals surface area contributed by atoms with Crippen LogP contribution in [0.5, 0.6) is 0 Å². The molecule has 34 heavy (non-hydrogen) atoms. The summed E-state index contributed by atoms with van der Waals surface area (Å²) in [6.45, 7) is 4.52. The molecule has 1 atom stereocenters. The van der Waals surface area contributed by atoms with Crippen molar-refractivity contribution in [2.45, 2.75) is 129 Å². The summed E-state index contributed by atoms with van der Waals surface area (Å²) in [7, 11) is 0. The molecule has 0 saturated carbocycles. The summed E-state index contributed by atoms with van der Waals surface area (Å²) < 4.78 is 9.59. The average molecular weight is 487 g/mol. The van der Waals surface area contributed by atoms with Gasteiger partial charge >= 0.3 is 0 Å². The van der Waals surface area contributed by atoms with Gasteiger partial charge in [-0.05, 0) is 18.8 Å². The zero-order chi connectivity index (χ0) is 24.2. The molecule has 0 radical (unpaired) electrons. The van der Waals surface area contributed by atoms with Crippen molar-refractivity contribution >= 4 is 23.1 Å². The molecule has 0 bridgehead atoms. The number of ketones is 1. The van der Waals surface area contributed by atoms with Gasteiger partial charge in [-0.2, -0.15) is 8.75 Å². The highest BCUT2D eigenvalue weighted by molar-refractivity contribution is 6.99. The van der Waals surface area contributed by atoms with Gasteiger partial charge in [-0.1, -0.05) is 104 Å². The van der Waals surface area contributed by atoms with Crippen molar-refractivity contribution in [1.29, 1.82) is 0 Å². The Morgan fingerprint density at radius 1 is 0.853 bits per heavy atom. The molecule has 1 aliphatic heterocycles. The molecule has 3 rings (SSSR count). The van der Waals surface area contributed by atoms with Crippen molar-refractivity contribution < 1.29 is 9.55 Å². The molecule has 1 aromatic heterocycles. The minimum absolute atomic E-state index is 0.0326. The number of nitroso groups, excluding NO2 is 1. The van der Waals surface area contributed by atoms with Crippen LogP contribution < -0.4 is 0 Å². The van der Waals surface area contributed by atoms with Crippen LogP contribution in [-0.2, 0) is 11.2 Å². The van der Waals surface area contributed by atoms with Crippen molar-refractivity contribution in [2.24, 2.45) is 5.92 Å². The highest BCUT2D eigenvalue weighted by Crippen LogP contribution is 2.40. The lowest BCUT2D eigenvalue weighted by Gasteiger charge is -2.16. The fourth-order valence-electron chi connectivity index (χ4n) is 5.38. The molecule has 0 aromatic carbocycles. The van der Waals surface area contributed by atoms with Gasteiger partial charge in [0.05, 0.1) is 34.2 Å². The van der Waals surface area contributed by atoms with Crippen molar-refractivity contribution in [3.8, 4) is 0 Å². The largest absolute Gasteiger partial charge is 0.293 e. The Balaban J connectivity index is 1.56. The molecule has 1 aromatic rings. The third-order valence-electron chi connectivity index (χ3n) is 7.40. The normalized spacial score (nSPS) is 16.1. The molecule has 2 aliphatic rings. The first-order valence-corrected chi connectivity index (χ1v) is 14.6. The van der Waals surface area contributed by atoms with Gasteiger partial charge in [0.1, 0.15) is 11.3 Å². The average Bonchev–Trinajstić information content (AvgIpc) is 3.42. The van der Waals surface area contributed by atoms with Gasteiger partial charge in [0.15, 0.2) is 5.78 Å². The molecule has 5 nitrogen and oxygen atoms in total. The number of hydrogen-bond donors (Lipinski definition) is 0. The zero-order valence-corrected chi connectivity index (χ0v) is 22.3. The number of rotatable bonds is 18. The summed E-state index contributed by atoms with van der Waals surface area (Å²) >= 11 is 1.13. The molecule has 1 aliphatic carbocycles. The van der Waals surface area contributed by atoms with Crippen LogP contribution in [0.2, 0.25) is 0 Å². The molecule has 0 fully saturated rings. The molecule has 0 N–H and O–H groups in total. The lowest BCUT2D eigenvalue weighted by molar-refractivity contribution is -0.424. The van der Waals surface area contributed by atoms with E-state index in [-0.39, 0.29) is 12.2 Å². The van der Waals surface area contributed by atoms with E-state index in [4.69, 9.17) is 0 Å². The van der Waals surface area contributed by atoms with Crippen LogP contribution in [0.25, 0.3) is 5.57 Å². The minimum atomic E-state index is 0.0326. The van der Waals surface area contributed by atoms with Gasteiger partial charge in [0, 0.05) is 11.3 Å². The Hall–Kier alpha value is -1.69. The van der Waals surface area contributed by atoms with Gasteiger partial charge in [-0.3, -0.25) is 4.79 Å². The van der Waals surface area contributed by atoms with Gasteiger partial charge in [0.2, 0.25) is 6.20 Å². The van der Waals surface area contributed by atoms with Crippen LogP contribution in [0.1, 0.15) is 134 Å². The molecule has 2 heterocycles. The van der Waals surface area contributed by atoms with Crippen molar-refractivity contribution in [3.63, 3.8) is 0 Å². The molecule has 188 valence electrons. The quantitative estimate of drug-likeness (QED) is 0.154. The first-order chi connectivity index (χ1) is 16.7. The Bertz CT molecular complexity index is 871. The zero-order valence-electron chi connectivity index (χ0n) is 21.4. The summed E-state index contributed by atoms with van der Waals surface area (Å²) in [6.07, 6.45) is 23.2. The van der Waals surface area contributed by atoms with E-state index in [2.05, 4.69) is 22.6 Å². The molecule has 1 unspecified atom stereocenters. The highest BCUT2D eigenvalue weighted by Gasteiger charge is 2.43. The van der Waals surface area contributed by atoms with Crippen molar-refractivity contribution in [2.75, 3.05) is 0 Å². The van der Waals surface area contributed by atoms with E-state index in [9.17, 15) is 9.70 Å². The number of aromatic nitrogens is 2. The SMILES string of the molecule is CCCCCCCCCCC(CCCCCCCC)CC1=C2C(=O)Cc3nsnc3C2=C[N+]1=O. The fourth-order valence-corrected chi connectivity index (χ4v) is 5.95. The number of carbonyl (C=O) groups excluding carboxylic acids is 1. The first-order valence-electron chi connectivity index (χ1n) is 13.9. The van der Waals surface area contributed by atoms with Crippen LogP contribution in [0, 0.1) is 10.8 Å². The minimum Gasteiger partial charge on any atom is -0.293 e. The number of carbonyl (C=O) groups is 1. The molecule has 0 amide bonds. The fraction of sp³-hybridized carbons (Fsp3) is 0.750. The second-order valence-corrected chi connectivity index (χ2v) is 10.8. The highest BCUT2D eigenvalue weighted by atomic mass is 32.1. The number of Topliss-reactive ketones (excluding diaryl/α,β-unsaturated/α-hetero) is 1. The Labute approximate surface area is 210 Å². The van der Waals surface area contributed by atoms with Crippen LogP contribution in [0.3, 0.4) is 0 Å². The topological polar surface area (TPSA) is 62.9 Å². The van der Waals surface area contributed by atoms with E-state index in [1.54, 1.807) is 6.20 Å². The van der Waals surface area contributed by atoms with E-state index >= 15 is 0 Å². The third kappa shape index (κ3) is 7.66. The predicted octanol–water partition coefficient (Wildman–Crippen LogP) is 8.34. The summed E-state index contributed by atoms with van der Waals surface area (Å²) in [5.41, 5.74) is 3.47. The van der Waals surface area contributed by atoms with E-state index in [0.717, 1.165) is 40.7 Å². The van der Waals surface area contributed by atoms with Crippen molar-refractivity contribution in [3.05, 3.63) is 33.8 Å². The maximum atomic E-state index is 12.9. The number of allylic oxidation sites excluding steroid dienone is 3. The van der Waals surface area contributed by atoms with Crippen LogP contribution in [0.4, 0.5) is 0 Å². The van der Waals surface area contributed by atoms with Gasteiger partial charge in [-0.25, -0.2) is 0 Å². The summed E-state index contributed by atoms with van der Waals surface area (Å²) in [6, 6.07) is 0. The molecule has 6 heteroatoms. The lowest BCUT2D eigenvalue weighted by atomic mass is 9.85. The van der Waals surface area contributed by atoms with E-state index in [1.807, 2.05) is 0 Å². The maximum absolute atomic E-state index is 12.9.